The van der Waals surface area contributed by atoms with Gasteiger partial charge >= 0.3 is 0 Å². The third kappa shape index (κ3) is 4.15. The van der Waals surface area contributed by atoms with Crippen molar-refractivity contribution >= 4 is 40.7 Å². The molecule has 1 aliphatic rings. The van der Waals surface area contributed by atoms with Gasteiger partial charge in [-0.3, -0.25) is 4.90 Å². The maximum absolute atomic E-state index is 14.1. The van der Waals surface area contributed by atoms with Crippen LogP contribution in [-0.2, 0) is 0 Å². The van der Waals surface area contributed by atoms with E-state index in [0.717, 1.165) is 26.2 Å². The van der Waals surface area contributed by atoms with E-state index >= 15 is 0 Å². The summed E-state index contributed by atoms with van der Waals surface area (Å²) in [7, 11) is 0. The highest BCUT2D eigenvalue weighted by Gasteiger charge is 2.26. The Balaban J connectivity index is 0.00000180. The molecular weight excluding hydrogens is 373 g/mol. The summed E-state index contributed by atoms with van der Waals surface area (Å²) in [4.78, 5) is 2.03. The van der Waals surface area contributed by atoms with E-state index in [2.05, 4.69) is 27.8 Å². The lowest BCUT2D eigenvalue weighted by Gasteiger charge is -2.33. The molecule has 1 aromatic rings. The summed E-state index contributed by atoms with van der Waals surface area (Å²) in [6.45, 7) is 6.86. The van der Waals surface area contributed by atoms with E-state index in [1.54, 1.807) is 6.08 Å². The summed E-state index contributed by atoms with van der Waals surface area (Å²) in [5.74, 6) is -1.07. The average Bonchev–Trinajstić information content (AvgIpc) is 2.40. The van der Waals surface area contributed by atoms with Crippen LogP contribution in [0.3, 0.4) is 0 Å². The largest absolute Gasteiger partial charge is 0.314 e. The number of hydrogen-bond donors (Lipinski definition) is 1. The molecule has 1 atom stereocenters. The van der Waals surface area contributed by atoms with E-state index in [1.807, 2.05) is 4.90 Å². The molecule has 2 rings (SSSR count). The molecule has 0 spiro atoms. The van der Waals surface area contributed by atoms with Crippen molar-refractivity contribution in [3.63, 3.8) is 0 Å². The zero-order valence-corrected chi connectivity index (χ0v) is 14.0. The van der Waals surface area contributed by atoms with Crippen molar-refractivity contribution in [2.45, 2.75) is 6.04 Å². The van der Waals surface area contributed by atoms with Crippen molar-refractivity contribution in [2.24, 2.45) is 0 Å². The third-order valence-corrected chi connectivity index (χ3v) is 3.76. The fraction of sp³-hybridized carbons (Fsp3) is 0.385. The van der Waals surface area contributed by atoms with Gasteiger partial charge in [-0.15, -0.1) is 31.4 Å². The maximum Gasteiger partial charge on any atom is 0.145 e. The molecule has 0 radical (unpaired) electrons. The number of nitrogens with zero attached hydrogens (tertiary/aromatic N) is 1. The number of piperazine rings is 1. The lowest BCUT2D eigenvalue weighted by Crippen LogP contribution is -2.45. The van der Waals surface area contributed by atoms with E-state index < -0.39 is 17.7 Å². The van der Waals surface area contributed by atoms with Gasteiger partial charge in [0.2, 0.25) is 0 Å². The highest BCUT2D eigenvalue weighted by molar-refractivity contribution is 9.10. The third-order valence-electron chi connectivity index (χ3n) is 3.14. The monoisotopic (exact) mass is 388 g/mol. The predicted molar refractivity (Wildman–Crippen MR) is 85.9 cm³/mol. The normalized spacial score (nSPS) is 16.8. The highest BCUT2D eigenvalue weighted by Crippen LogP contribution is 2.31. The van der Waals surface area contributed by atoms with E-state index in [-0.39, 0.29) is 34.9 Å². The summed E-state index contributed by atoms with van der Waals surface area (Å²) >= 11 is 3.09. The smallest absolute Gasteiger partial charge is 0.145 e. The van der Waals surface area contributed by atoms with Gasteiger partial charge in [-0.1, -0.05) is 6.08 Å². The summed E-state index contributed by atoms with van der Waals surface area (Å²) < 4.78 is 28.2. The van der Waals surface area contributed by atoms with E-state index in [1.165, 1.54) is 12.1 Å². The molecule has 20 heavy (non-hydrogen) atoms. The lowest BCUT2D eigenvalue weighted by atomic mass is 10.0. The second-order valence-corrected chi connectivity index (χ2v) is 5.08. The molecule has 1 aromatic carbocycles. The molecule has 0 aliphatic carbocycles. The Morgan fingerprint density at radius 1 is 1.25 bits per heavy atom. The van der Waals surface area contributed by atoms with Crippen molar-refractivity contribution in [3.05, 3.63) is 46.5 Å². The average molecular weight is 390 g/mol. The molecule has 1 heterocycles. The van der Waals surface area contributed by atoms with Crippen LogP contribution in [0.1, 0.15) is 11.6 Å². The van der Waals surface area contributed by atoms with Crippen LogP contribution < -0.4 is 5.32 Å². The Hall–Kier alpha value is -0.200. The van der Waals surface area contributed by atoms with Gasteiger partial charge < -0.3 is 5.32 Å². The summed E-state index contributed by atoms with van der Waals surface area (Å²) in [5.41, 5.74) is 0.0706. The van der Waals surface area contributed by atoms with Crippen molar-refractivity contribution in [1.82, 2.24) is 10.2 Å². The Morgan fingerprint density at radius 3 is 2.40 bits per heavy atom. The van der Waals surface area contributed by atoms with Crippen LogP contribution in [0.25, 0.3) is 0 Å². The summed E-state index contributed by atoms with van der Waals surface area (Å²) in [6.07, 6.45) is 1.60. The lowest BCUT2D eigenvalue weighted by molar-refractivity contribution is 0.197. The van der Waals surface area contributed by atoms with Gasteiger partial charge in [0, 0.05) is 31.7 Å². The number of halogens is 5. The van der Waals surface area contributed by atoms with Crippen molar-refractivity contribution in [1.29, 1.82) is 0 Å². The van der Waals surface area contributed by atoms with E-state index in [4.69, 9.17) is 0 Å². The maximum atomic E-state index is 14.1. The Bertz CT molecular complexity index is 454. The molecule has 0 amide bonds. The minimum atomic E-state index is -0.543. The van der Waals surface area contributed by atoms with Crippen LogP contribution in [0.2, 0.25) is 0 Å². The number of hydrogen-bond acceptors (Lipinski definition) is 2. The van der Waals surface area contributed by atoms with Gasteiger partial charge in [-0.05, 0) is 28.1 Å². The topological polar surface area (TPSA) is 15.3 Å². The standard InChI is InChI=1S/C13H15BrF2N2.2ClH/c1-2-11(18-7-5-17-6-8-18)12-10(15)4-3-9(14)13(12)16;;/h2-4,11,17H,1,5-8H2;2*1H/t11-;;/m0../s1. The van der Waals surface area contributed by atoms with Gasteiger partial charge in [0.05, 0.1) is 10.5 Å². The summed E-state index contributed by atoms with van der Waals surface area (Å²) in [6, 6.07) is 2.23. The molecule has 0 saturated carbocycles. The first kappa shape index (κ1) is 19.8. The first-order valence-corrected chi connectivity index (χ1v) is 6.65. The predicted octanol–water partition coefficient (Wildman–Crippen LogP) is 3.70. The van der Waals surface area contributed by atoms with Crippen LogP contribution in [0.5, 0.6) is 0 Å². The molecule has 7 heteroatoms. The molecule has 1 aliphatic heterocycles. The second-order valence-electron chi connectivity index (χ2n) is 4.22. The van der Waals surface area contributed by atoms with Crippen molar-refractivity contribution < 1.29 is 8.78 Å². The molecule has 0 bridgehead atoms. The molecule has 1 saturated heterocycles. The Morgan fingerprint density at radius 2 is 1.85 bits per heavy atom. The van der Waals surface area contributed by atoms with Crippen LogP contribution >= 0.6 is 40.7 Å². The van der Waals surface area contributed by atoms with Crippen LogP contribution in [-0.4, -0.2) is 31.1 Å². The second kappa shape index (κ2) is 8.95. The minimum absolute atomic E-state index is 0. The Kier molecular flexibility index (Phi) is 8.86. The molecule has 0 aromatic heterocycles. The SMILES string of the molecule is C=C[C@@H](c1c(F)ccc(Br)c1F)N1CCNCC1.Cl.Cl. The number of benzene rings is 1. The minimum Gasteiger partial charge on any atom is -0.314 e. The van der Waals surface area contributed by atoms with Crippen LogP contribution in [0.15, 0.2) is 29.3 Å². The van der Waals surface area contributed by atoms with Crippen LogP contribution in [0.4, 0.5) is 8.78 Å². The summed E-state index contributed by atoms with van der Waals surface area (Å²) in [5, 5.41) is 3.21. The quantitative estimate of drug-likeness (QED) is 0.626. The zero-order chi connectivity index (χ0) is 13.1. The van der Waals surface area contributed by atoms with E-state index in [9.17, 15) is 8.78 Å². The number of rotatable bonds is 3. The fourth-order valence-corrected chi connectivity index (χ4v) is 2.57. The molecule has 0 unspecified atom stereocenters. The van der Waals surface area contributed by atoms with Crippen molar-refractivity contribution in [3.8, 4) is 0 Å². The first-order valence-electron chi connectivity index (χ1n) is 5.86. The zero-order valence-electron chi connectivity index (χ0n) is 10.7. The van der Waals surface area contributed by atoms with Gasteiger partial charge in [0.1, 0.15) is 11.6 Å². The molecule has 114 valence electrons. The molecule has 2 nitrogen and oxygen atoms in total. The van der Waals surface area contributed by atoms with Gasteiger partial charge in [0.15, 0.2) is 0 Å². The van der Waals surface area contributed by atoms with E-state index in [0.29, 0.717) is 0 Å². The van der Waals surface area contributed by atoms with Crippen molar-refractivity contribution in [2.75, 3.05) is 26.2 Å². The number of nitrogens with one attached hydrogen (secondary N) is 1. The highest BCUT2D eigenvalue weighted by atomic mass is 79.9. The molecule has 1 N–H and O–H groups in total. The van der Waals surface area contributed by atoms with Gasteiger partial charge in [-0.25, -0.2) is 8.78 Å². The van der Waals surface area contributed by atoms with Gasteiger partial charge in [-0.2, -0.15) is 0 Å². The molecule has 1 fully saturated rings. The molecular formula is C13H17BrCl2F2N2. The Labute approximate surface area is 138 Å². The van der Waals surface area contributed by atoms with Gasteiger partial charge in [0.25, 0.3) is 0 Å². The first-order chi connectivity index (χ1) is 8.65. The van der Waals surface area contributed by atoms with Crippen LogP contribution in [0, 0.1) is 11.6 Å². The fourth-order valence-electron chi connectivity index (χ4n) is 2.22.